The van der Waals surface area contributed by atoms with E-state index in [0.29, 0.717) is 12.8 Å². The molecule has 0 bridgehead atoms. The first-order valence-electron chi connectivity index (χ1n) is 5.92. The fraction of sp³-hybridized carbons (Fsp3) is 0.200. The van der Waals surface area contributed by atoms with Gasteiger partial charge >= 0.3 is 0 Å². The minimum absolute atomic E-state index is 0.143. The highest BCUT2D eigenvalue weighted by atomic mass is 79.9. The van der Waals surface area contributed by atoms with E-state index in [1.165, 1.54) is 0 Å². The van der Waals surface area contributed by atoms with Crippen LogP contribution in [0.25, 0.3) is 0 Å². The molecule has 1 aromatic carbocycles. The molecule has 2 rings (SSSR count). The molecule has 2 aromatic rings. The van der Waals surface area contributed by atoms with Gasteiger partial charge in [0.15, 0.2) is 0 Å². The molecule has 0 aliphatic heterocycles. The third-order valence-electron chi connectivity index (χ3n) is 2.74. The minimum Gasteiger partial charge on any atom is -0.496 e. The van der Waals surface area contributed by atoms with E-state index in [1.54, 1.807) is 19.5 Å². The van der Waals surface area contributed by atoms with E-state index in [2.05, 4.69) is 20.9 Å². The lowest BCUT2D eigenvalue weighted by atomic mass is 10.0. The normalized spacial score (nSPS) is 10.2. The Bertz CT molecular complexity index is 584. The molecule has 19 heavy (non-hydrogen) atoms. The van der Waals surface area contributed by atoms with Crippen molar-refractivity contribution in [1.29, 1.82) is 0 Å². The molecular formula is C15H14BrNO2. The Hall–Kier alpha value is -1.68. The fourth-order valence-corrected chi connectivity index (χ4v) is 2.32. The highest BCUT2D eigenvalue weighted by Gasteiger charge is 2.09. The first-order chi connectivity index (χ1) is 9.19. The zero-order chi connectivity index (χ0) is 13.7. The van der Waals surface area contributed by atoms with Gasteiger partial charge < -0.3 is 4.74 Å². The number of rotatable bonds is 5. The summed E-state index contributed by atoms with van der Waals surface area (Å²) in [5, 5.41) is 0. The van der Waals surface area contributed by atoms with Crippen LogP contribution in [-0.2, 0) is 17.6 Å². The first-order valence-corrected chi connectivity index (χ1v) is 6.71. The van der Waals surface area contributed by atoms with Crippen molar-refractivity contribution in [3.63, 3.8) is 0 Å². The molecule has 98 valence electrons. The smallest absolute Gasteiger partial charge is 0.141 e. The number of carbonyl (C=O) groups is 1. The van der Waals surface area contributed by atoms with Crippen molar-refractivity contribution < 1.29 is 9.53 Å². The number of Topliss-reactive ketones (excluding diaryl/α,β-unsaturated/α-hetero) is 1. The van der Waals surface area contributed by atoms with Gasteiger partial charge in [-0.3, -0.25) is 9.78 Å². The maximum Gasteiger partial charge on any atom is 0.141 e. The largest absolute Gasteiger partial charge is 0.496 e. The summed E-state index contributed by atoms with van der Waals surface area (Å²) in [6.45, 7) is 0. The van der Waals surface area contributed by atoms with Gasteiger partial charge in [-0.25, -0.2) is 0 Å². The summed E-state index contributed by atoms with van der Waals surface area (Å²) in [7, 11) is 1.61. The van der Waals surface area contributed by atoms with Gasteiger partial charge in [0.25, 0.3) is 0 Å². The average Bonchev–Trinajstić information content (AvgIpc) is 2.39. The number of hydrogen-bond donors (Lipinski definition) is 0. The molecular weight excluding hydrogens is 306 g/mol. The van der Waals surface area contributed by atoms with Crippen LogP contribution in [0.1, 0.15) is 11.1 Å². The number of hydrogen-bond acceptors (Lipinski definition) is 3. The van der Waals surface area contributed by atoms with E-state index in [9.17, 15) is 4.79 Å². The van der Waals surface area contributed by atoms with Gasteiger partial charge in [0.1, 0.15) is 11.5 Å². The molecule has 0 fully saturated rings. The Labute approximate surface area is 120 Å². The predicted molar refractivity (Wildman–Crippen MR) is 77.3 cm³/mol. The number of ether oxygens (including phenoxy) is 1. The Balaban J connectivity index is 2.05. The van der Waals surface area contributed by atoms with Crippen LogP contribution in [0, 0.1) is 0 Å². The third-order valence-corrected chi connectivity index (χ3v) is 3.18. The van der Waals surface area contributed by atoms with E-state index < -0.39 is 0 Å². The number of nitrogens with zero attached hydrogens (tertiary/aromatic N) is 1. The number of ketones is 1. The maximum absolute atomic E-state index is 12.1. The van der Waals surface area contributed by atoms with Gasteiger partial charge in [-0.05, 0) is 33.6 Å². The number of pyridine rings is 1. The third kappa shape index (κ3) is 3.89. The summed E-state index contributed by atoms with van der Waals surface area (Å²) in [4.78, 5) is 16.1. The van der Waals surface area contributed by atoms with Crippen LogP contribution in [0.3, 0.4) is 0 Å². The van der Waals surface area contributed by atoms with Crippen LogP contribution in [0.15, 0.2) is 47.2 Å². The van der Waals surface area contributed by atoms with Crippen LogP contribution >= 0.6 is 15.9 Å². The molecule has 0 atom stereocenters. The molecule has 0 radical (unpaired) electrons. The van der Waals surface area contributed by atoms with E-state index in [-0.39, 0.29) is 5.78 Å². The molecule has 0 amide bonds. The number of halogens is 1. The van der Waals surface area contributed by atoms with Crippen LogP contribution in [0.2, 0.25) is 0 Å². The van der Waals surface area contributed by atoms with E-state index in [4.69, 9.17) is 4.74 Å². The SMILES string of the molecule is COc1ccccc1CC(=O)Cc1cncc(Br)c1. The Kier molecular flexibility index (Phi) is 4.68. The number of benzene rings is 1. The Morgan fingerprint density at radius 3 is 2.79 bits per heavy atom. The molecule has 1 aromatic heterocycles. The first kappa shape index (κ1) is 13.7. The fourth-order valence-electron chi connectivity index (χ4n) is 1.90. The summed E-state index contributed by atoms with van der Waals surface area (Å²) in [5.74, 6) is 0.896. The summed E-state index contributed by atoms with van der Waals surface area (Å²) in [6, 6.07) is 9.49. The number of para-hydroxylation sites is 1. The molecule has 0 saturated carbocycles. The van der Waals surface area contributed by atoms with Gasteiger partial charge in [-0.15, -0.1) is 0 Å². The van der Waals surface area contributed by atoms with E-state index in [0.717, 1.165) is 21.3 Å². The lowest BCUT2D eigenvalue weighted by molar-refractivity contribution is -0.117. The van der Waals surface area contributed by atoms with Gasteiger partial charge in [0, 0.05) is 35.3 Å². The summed E-state index contributed by atoms with van der Waals surface area (Å²) in [6.07, 6.45) is 4.17. The standard InChI is InChI=1S/C15H14BrNO2/c1-19-15-5-3-2-4-12(15)8-14(18)7-11-6-13(16)10-17-9-11/h2-6,9-10H,7-8H2,1H3. The molecule has 1 heterocycles. The average molecular weight is 320 g/mol. The quantitative estimate of drug-likeness (QED) is 0.849. The van der Waals surface area contributed by atoms with Crippen LogP contribution < -0.4 is 4.74 Å². The van der Waals surface area contributed by atoms with Gasteiger partial charge in [-0.2, -0.15) is 0 Å². The summed E-state index contributed by atoms with van der Waals surface area (Å²) in [5.41, 5.74) is 1.83. The molecule has 0 unspecified atom stereocenters. The zero-order valence-electron chi connectivity index (χ0n) is 10.6. The van der Waals surface area contributed by atoms with Crippen molar-refractivity contribution >= 4 is 21.7 Å². The maximum atomic E-state index is 12.1. The zero-order valence-corrected chi connectivity index (χ0v) is 12.2. The van der Waals surface area contributed by atoms with Crippen molar-refractivity contribution in [3.05, 3.63) is 58.3 Å². The number of carbonyl (C=O) groups excluding carboxylic acids is 1. The van der Waals surface area contributed by atoms with Crippen LogP contribution in [-0.4, -0.2) is 17.9 Å². The van der Waals surface area contributed by atoms with Crippen molar-refractivity contribution in [1.82, 2.24) is 4.98 Å². The van der Waals surface area contributed by atoms with Crippen molar-refractivity contribution in [2.45, 2.75) is 12.8 Å². The lowest BCUT2D eigenvalue weighted by Crippen LogP contribution is -2.07. The second-order valence-electron chi connectivity index (χ2n) is 4.22. The van der Waals surface area contributed by atoms with Crippen molar-refractivity contribution in [2.24, 2.45) is 0 Å². The Morgan fingerprint density at radius 1 is 1.26 bits per heavy atom. The number of methoxy groups -OCH3 is 1. The second-order valence-corrected chi connectivity index (χ2v) is 5.13. The molecule has 0 N–H and O–H groups in total. The van der Waals surface area contributed by atoms with Crippen LogP contribution in [0.5, 0.6) is 5.75 Å². The summed E-state index contributed by atoms with van der Waals surface area (Å²) < 4.78 is 6.13. The molecule has 0 saturated heterocycles. The van der Waals surface area contributed by atoms with Crippen molar-refractivity contribution in [2.75, 3.05) is 7.11 Å². The molecule has 3 nitrogen and oxygen atoms in total. The van der Waals surface area contributed by atoms with Gasteiger partial charge in [0.2, 0.25) is 0 Å². The molecule has 0 aliphatic rings. The van der Waals surface area contributed by atoms with Crippen LogP contribution in [0.4, 0.5) is 0 Å². The topological polar surface area (TPSA) is 39.2 Å². The summed E-state index contributed by atoms with van der Waals surface area (Å²) >= 11 is 3.35. The second kappa shape index (κ2) is 6.48. The molecule has 0 spiro atoms. The Morgan fingerprint density at radius 2 is 2.05 bits per heavy atom. The van der Waals surface area contributed by atoms with E-state index in [1.807, 2.05) is 30.3 Å². The highest BCUT2D eigenvalue weighted by Crippen LogP contribution is 2.19. The highest BCUT2D eigenvalue weighted by molar-refractivity contribution is 9.10. The molecule has 0 aliphatic carbocycles. The predicted octanol–water partition coefficient (Wildman–Crippen LogP) is 3.21. The monoisotopic (exact) mass is 319 g/mol. The lowest BCUT2D eigenvalue weighted by Gasteiger charge is -2.07. The molecule has 4 heteroatoms. The number of aromatic nitrogens is 1. The van der Waals surface area contributed by atoms with E-state index >= 15 is 0 Å². The van der Waals surface area contributed by atoms with Gasteiger partial charge in [-0.1, -0.05) is 18.2 Å². The minimum atomic E-state index is 0.143. The van der Waals surface area contributed by atoms with Gasteiger partial charge in [0.05, 0.1) is 7.11 Å². The van der Waals surface area contributed by atoms with Crippen molar-refractivity contribution in [3.8, 4) is 5.75 Å².